The largest absolute Gasteiger partial charge is 0.433 e. The molecule has 1 aromatic carbocycles. The number of carbonyl (C=O) groups excluding carboxylic acids is 4. The van der Waals surface area contributed by atoms with Crippen molar-refractivity contribution in [3.8, 4) is 11.1 Å². The minimum atomic E-state index is -4.73. The molecule has 0 unspecified atom stereocenters. The maximum Gasteiger partial charge on any atom is 0.433 e. The molecule has 12 nitrogen and oxygen atoms in total. The van der Waals surface area contributed by atoms with Crippen molar-refractivity contribution in [2.24, 2.45) is 11.3 Å². The van der Waals surface area contributed by atoms with Crippen LogP contribution in [0.4, 0.5) is 19.0 Å². The van der Waals surface area contributed by atoms with Gasteiger partial charge in [-0.25, -0.2) is 15.0 Å². The molecular formula is C39H43F3N8O4. The van der Waals surface area contributed by atoms with Gasteiger partial charge in [0.2, 0.25) is 17.7 Å². The molecule has 3 aromatic heterocycles. The summed E-state index contributed by atoms with van der Waals surface area (Å²) in [5.74, 6) is -1.64. The van der Waals surface area contributed by atoms with Gasteiger partial charge >= 0.3 is 6.18 Å². The highest BCUT2D eigenvalue weighted by Gasteiger charge is 2.47. The van der Waals surface area contributed by atoms with Crippen LogP contribution in [0.3, 0.4) is 0 Å². The summed E-state index contributed by atoms with van der Waals surface area (Å²) in [5, 5.41) is 10.5. The summed E-state index contributed by atoms with van der Waals surface area (Å²) >= 11 is 0. The standard InChI is InChI=1S/C39H43F3N8O4/c1-22-11-12-31(39(40,41)42)46-35(22)47-36(53)30-17-38(13-14-38)21-49(5)37(54)23(2)9-7-6-8-10-26-15-27(28-18-43-25(4)44-19-28)16-29-33(24(3)51)48-50(34(26)29)20-32(52)45-30/h6,8,11-12,15-16,18-19,23,30H,7,9-10,13-14,17,20-21H2,1-5H3,(H,45,52)(H,46,47,53)/t23-,30-/m0/s1. The zero-order chi connectivity index (χ0) is 38.9. The third kappa shape index (κ3) is 8.50. The number of carbonyl (C=O) groups is 4. The first kappa shape index (κ1) is 38.3. The number of aromatic nitrogens is 5. The van der Waals surface area contributed by atoms with E-state index in [-0.39, 0.29) is 42.1 Å². The van der Waals surface area contributed by atoms with Crippen molar-refractivity contribution in [1.29, 1.82) is 0 Å². The van der Waals surface area contributed by atoms with Crippen molar-refractivity contribution in [2.45, 2.75) is 85.0 Å². The van der Waals surface area contributed by atoms with E-state index in [4.69, 9.17) is 0 Å². The molecule has 284 valence electrons. The highest BCUT2D eigenvalue weighted by molar-refractivity contribution is 6.07. The summed E-state index contributed by atoms with van der Waals surface area (Å²) in [6.45, 7) is 6.56. The second-order valence-corrected chi connectivity index (χ2v) is 14.6. The summed E-state index contributed by atoms with van der Waals surface area (Å²) in [6, 6.07) is 4.62. The number of Topliss-reactive ketones (excluding diaryl/α,β-unsaturated/α-hetero) is 1. The van der Waals surface area contributed by atoms with Crippen molar-refractivity contribution >= 4 is 40.2 Å². The number of allylic oxidation sites excluding steroid dienone is 2. The van der Waals surface area contributed by atoms with Crippen molar-refractivity contribution in [3.63, 3.8) is 0 Å². The van der Waals surface area contributed by atoms with Gasteiger partial charge in [0, 0.05) is 49.8 Å². The number of benzene rings is 1. The molecule has 1 aliphatic carbocycles. The van der Waals surface area contributed by atoms with Gasteiger partial charge in [0.25, 0.3) is 0 Å². The van der Waals surface area contributed by atoms with Crippen LogP contribution in [0.2, 0.25) is 0 Å². The number of rotatable bonds is 4. The molecule has 0 saturated heterocycles. The molecule has 2 aliphatic rings. The normalized spacial score (nSPS) is 19.7. The maximum absolute atomic E-state index is 13.9. The summed E-state index contributed by atoms with van der Waals surface area (Å²) in [7, 11) is 1.72. The predicted octanol–water partition coefficient (Wildman–Crippen LogP) is 6.01. The predicted molar refractivity (Wildman–Crippen MR) is 195 cm³/mol. The Morgan fingerprint density at radius 1 is 1.04 bits per heavy atom. The lowest BCUT2D eigenvalue weighted by atomic mass is 9.94. The molecular weight excluding hydrogens is 701 g/mol. The second kappa shape index (κ2) is 15.1. The Bertz CT molecular complexity index is 2140. The number of hydrogen-bond acceptors (Lipinski definition) is 8. The highest BCUT2D eigenvalue weighted by atomic mass is 19.4. The molecule has 3 amide bonds. The highest BCUT2D eigenvalue weighted by Crippen LogP contribution is 2.50. The van der Waals surface area contributed by atoms with Gasteiger partial charge in [-0.1, -0.05) is 25.1 Å². The van der Waals surface area contributed by atoms with E-state index in [2.05, 4.69) is 30.7 Å². The van der Waals surface area contributed by atoms with Crippen molar-refractivity contribution in [3.05, 3.63) is 77.2 Å². The van der Waals surface area contributed by atoms with Crippen LogP contribution in [0.25, 0.3) is 22.0 Å². The van der Waals surface area contributed by atoms with Crippen LogP contribution in [0, 0.1) is 25.2 Å². The summed E-state index contributed by atoms with van der Waals surface area (Å²) in [5.41, 5.74) is 1.63. The summed E-state index contributed by atoms with van der Waals surface area (Å²) < 4.78 is 42.1. The fourth-order valence-corrected chi connectivity index (χ4v) is 7.04. The van der Waals surface area contributed by atoms with E-state index >= 15 is 0 Å². The number of nitrogens with one attached hydrogen (secondary N) is 2. The van der Waals surface area contributed by atoms with E-state index < -0.39 is 35.1 Å². The van der Waals surface area contributed by atoms with Crippen LogP contribution in [0.1, 0.15) is 79.1 Å². The fourth-order valence-electron chi connectivity index (χ4n) is 7.04. The third-order valence-electron chi connectivity index (χ3n) is 10.2. The van der Waals surface area contributed by atoms with E-state index in [1.54, 1.807) is 31.3 Å². The van der Waals surface area contributed by atoms with Gasteiger partial charge in [-0.3, -0.25) is 23.9 Å². The average Bonchev–Trinajstić information content (AvgIpc) is 3.76. The molecule has 4 heterocycles. The number of pyridine rings is 1. The first-order valence-electron chi connectivity index (χ1n) is 17.9. The van der Waals surface area contributed by atoms with Crippen LogP contribution in [0.5, 0.6) is 0 Å². The smallest absolute Gasteiger partial charge is 0.345 e. The van der Waals surface area contributed by atoms with Crippen LogP contribution >= 0.6 is 0 Å². The van der Waals surface area contributed by atoms with E-state index in [9.17, 15) is 32.3 Å². The van der Waals surface area contributed by atoms with Crippen LogP contribution in [-0.2, 0) is 33.5 Å². The molecule has 2 atom stereocenters. The SMILES string of the molecule is CC(=O)c1nn2c3c(cc(-c4cnc(C)nc4)cc13)CC=CCC[C@H](C)C(=O)N(C)CC1(CC1)C[C@@H](C(=O)Nc1nc(C(F)(F)F)ccc1C)NC(=O)C2. The molecule has 2 N–H and O–H groups in total. The number of alkyl halides is 3. The third-order valence-corrected chi connectivity index (χ3v) is 10.2. The Hall–Kier alpha value is -5.47. The number of halogens is 3. The Balaban J connectivity index is 1.41. The van der Waals surface area contributed by atoms with Crippen LogP contribution < -0.4 is 10.6 Å². The molecule has 15 heteroatoms. The molecule has 1 aliphatic heterocycles. The lowest BCUT2D eigenvalue weighted by molar-refractivity contribution is -0.141. The molecule has 1 saturated carbocycles. The average molecular weight is 745 g/mol. The number of hydrogen-bond donors (Lipinski definition) is 2. The van der Waals surface area contributed by atoms with Crippen molar-refractivity contribution in [2.75, 3.05) is 18.9 Å². The molecule has 6 rings (SSSR count). The molecule has 4 aromatic rings. The van der Waals surface area contributed by atoms with E-state index in [0.717, 1.165) is 22.8 Å². The number of nitrogens with zero attached hydrogens (tertiary/aromatic N) is 6. The van der Waals surface area contributed by atoms with Gasteiger partial charge < -0.3 is 15.5 Å². The Morgan fingerprint density at radius 3 is 2.43 bits per heavy atom. The molecule has 54 heavy (non-hydrogen) atoms. The van der Waals surface area contributed by atoms with Crippen molar-refractivity contribution < 1.29 is 32.3 Å². The van der Waals surface area contributed by atoms with Gasteiger partial charge in [0.1, 0.15) is 35.6 Å². The fraction of sp³-hybridized carbons (Fsp3) is 0.436. The first-order valence-corrected chi connectivity index (χ1v) is 17.9. The Morgan fingerprint density at radius 2 is 1.76 bits per heavy atom. The number of anilines is 1. The Labute approximate surface area is 310 Å². The number of amides is 3. The van der Waals surface area contributed by atoms with Crippen LogP contribution in [-0.4, -0.2) is 72.8 Å². The topological polar surface area (TPSA) is 152 Å². The minimum absolute atomic E-state index is 0.0417. The van der Waals surface area contributed by atoms with E-state index in [1.165, 1.54) is 24.6 Å². The van der Waals surface area contributed by atoms with Gasteiger partial charge in [-0.2, -0.15) is 18.3 Å². The summed E-state index contributed by atoms with van der Waals surface area (Å²) in [6.07, 6.45) is 5.84. The maximum atomic E-state index is 13.9. The lowest BCUT2D eigenvalue weighted by Gasteiger charge is -2.29. The van der Waals surface area contributed by atoms with Gasteiger partial charge in [0.05, 0.1) is 5.52 Å². The van der Waals surface area contributed by atoms with Crippen molar-refractivity contribution in [1.82, 2.24) is 34.9 Å². The molecule has 0 radical (unpaired) electrons. The van der Waals surface area contributed by atoms with Gasteiger partial charge in [0.15, 0.2) is 5.78 Å². The molecule has 1 fully saturated rings. The van der Waals surface area contributed by atoms with Crippen LogP contribution in [0.15, 0.2) is 48.8 Å². The molecule has 1 spiro atoms. The minimum Gasteiger partial charge on any atom is -0.345 e. The number of ketones is 1. The Kier molecular flexibility index (Phi) is 10.7. The van der Waals surface area contributed by atoms with Gasteiger partial charge in [-0.15, -0.1) is 0 Å². The quantitative estimate of drug-likeness (QED) is 0.191. The van der Waals surface area contributed by atoms with E-state index in [1.807, 2.05) is 31.2 Å². The van der Waals surface area contributed by atoms with Gasteiger partial charge in [-0.05, 0) is 92.7 Å². The second-order valence-electron chi connectivity index (χ2n) is 14.6. The molecule has 0 bridgehead atoms. The lowest BCUT2D eigenvalue weighted by Crippen LogP contribution is -2.48. The first-order chi connectivity index (χ1) is 25.5. The monoisotopic (exact) mass is 744 g/mol. The summed E-state index contributed by atoms with van der Waals surface area (Å²) in [4.78, 5) is 68.2. The van der Waals surface area contributed by atoms with E-state index in [0.29, 0.717) is 60.9 Å². The number of aryl methyl sites for hydroxylation is 2. The zero-order valence-electron chi connectivity index (χ0n) is 30.9. The zero-order valence-corrected chi connectivity index (χ0v) is 30.9.